The lowest BCUT2D eigenvalue weighted by Crippen LogP contribution is -2.43. The van der Waals surface area contributed by atoms with E-state index in [9.17, 15) is 4.79 Å². The summed E-state index contributed by atoms with van der Waals surface area (Å²) in [6.45, 7) is 6.01. The van der Waals surface area contributed by atoms with E-state index in [-0.39, 0.29) is 11.4 Å². The van der Waals surface area contributed by atoms with Crippen molar-refractivity contribution in [2.75, 3.05) is 0 Å². The Bertz CT molecular complexity index is 363. The fourth-order valence-corrected chi connectivity index (χ4v) is 1.44. The molecule has 0 fully saturated rings. The number of pyridine rings is 1. The van der Waals surface area contributed by atoms with Gasteiger partial charge in [-0.05, 0) is 48.3 Å². The van der Waals surface area contributed by atoms with Crippen LogP contribution in [0.15, 0.2) is 22.8 Å². The van der Waals surface area contributed by atoms with Gasteiger partial charge in [-0.2, -0.15) is 0 Å². The van der Waals surface area contributed by atoms with Crippen LogP contribution < -0.4 is 5.32 Å². The van der Waals surface area contributed by atoms with Gasteiger partial charge in [0.15, 0.2) is 0 Å². The second-order valence-corrected chi connectivity index (χ2v) is 4.88. The summed E-state index contributed by atoms with van der Waals surface area (Å²) in [6, 6.07) is 3.59. The van der Waals surface area contributed by atoms with Gasteiger partial charge in [-0.25, -0.2) is 4.98 Å². The number of aromatic nitrogens is 1. The van der Waals surface area contributed by atoms with Gasteiger partial charge in [0.1, 0.15) is 5.69 Å². The van der Waals surface area contributed by atoms with Crippen LogP contribution in [0.4, 0.5) is 0 Å². The van der Waals surface area contributed by atoms with Gasteiger partial charge >= 0.3 is 0 Å². The van der Waals surface area contributed by atoms with E-state index in [2.05, 4.69) is 26.2 Å². The van der Waals surface area contributed by atoms with Gasteiger partial charge < -0.3 is 5.32 Å². The Morgan fingerprint density at radius 1 is 1.60 bits per heavy atom. The van der Waals surface area contributed by atoms with E-state index in [1.165, 1.54) is 0 Å². The molecule has 4 heteroatoms. The lowest BCUT2D eigenvalue weighted by atomic mass is 10.0. The molecule has 1 amide bonds. The van der Waals surface area contributed by atoms with Crippen LogP contribution in [0.3, 0.4) is 0 Å². The molecule has 0 aliphatic carbocycles. The van der Waals surface area contributed by atoms with Crippen LogP contribution in [0.5, 0.6) is 0 Å². The van der Waals surface area contributed by atoms with Crippen LogP contribution in [0.1, 0.15) is 37.7 Å². The molecule has 1 heterocycles. The molecule has 1 N–H and O–H groups in total. The molecule has 0 saturated heterocycles. The number of hydrogen-bond donors (Lipinski definition) is 1. The Hall–Kier alpha value is -0.900. The summed E-state index contributed by atoms with van der Waals surface area (Å²) in [6.07, 6.45) is 2.49. The number of nitrogens with zero attached hydrogens (tertiary/aromatic N) is 1. The fourth-order valence-electron chi connectivity index (χ4n) is 1.01. The first-order valence-corrected chi connectivity index (χ1v) is 5.68. The average Bonchev–Trinajstić information content (AvgIpc) is 2.17. The largest absolute Gasteiger partial charge is 0.346 e. The predicted octanol–water partition coefficient (Wildman–Crippen LogP) is 2.76. The molecule has 1 rings (SSSR count). The minimum atomic E-state index is -0.200. The first-order valence-electron chi connectivity index (χ1n) is 4.89. The summed E-state index contributed by atoms with van der Waals surface area (Å²) in [7, 11) is 0. The third kappa shape index (κ3) is 3.30. The average molecular weight is 271 g/mol. The molecular formula is C11H15BrN2O. The maximum absolute atomic E-state index is 11.8. The van der Waals surface area contributed by atoms with Gasteiger partial charge in [0.2, 0.25) is 0 Å². The van der Waals surface area contributed by atoms with Crippen LogP contribution in [-0.2, 0) is 0 Å². The van der Waals surface area contributed by atoms with Crippen molar-refractivity contribution >= 4 is 21.8 Å². The zero-order chi connectivity index (χ0) is 11.5. The maximum atomic E-state index is 11.8. The first kappa shape index (κ1) is 12.2. The van der Waals surface area contributed by atoms with Gasteiger partial charge in [-0.15, -0.1) is 0 Å². The summed E-state index contributed by atoms with van der Waals surface area (Å²) in [5, 5.41) is 2.93. The van der Waals surface area contributed by atoms with E-state index in [1.54, 1.807) is 18.3 Å². The molecule has 0 saturated carbocycles. The molecule has 0 aliphatic heterocycles. The minimum absolute atomic E-state index is 0.144. The molecule has 0 atom stereocenters. The summed E-state index contributed by atoms with van der Waals surface area (Å²) in [5.74, 6) is -0.144. The number of nitrogens with one attached hydrogen (secondary N) is 1. The number of rotatable bonds is 3. The second kappa shape index (κ2) is 4.75. The van der Waals surface area contributed by atoms with Gasteiger partial charge in [0.05, 0.1) is 0 Å². The SMILES string of the molecule is CCC(C)(C)NC(=O)c1ncccc1Br. The molecule has 15 heavy (non-hydrogen) atoms. The molecule has 0 aromatic carbocycles. The van der Waals surface area contributed by atoms with Crippen molar-refractivity contribution in [2.24, 2.45) is 0 Å². The normalized spacial score (nSPS) is 11.2. The van der Waals surface area contributed by atoms with Crippen molar-refractivity contribution in [3.05, 3.63) is 28.5 Å². The Balaban J connectivity index is 2.83. The molecule has 82 valence electrons. The molecular weight excluding hydrogens is 256 g/mol. The summed E-state index contributed by atoms with van der Waals surface area (Å²) in [4.78, 5) is 15.9. The van der Waals surface area contributed by atoms with Crippen LogP contribution >= 0.6 is 15.9 Å². The highest BCUT2D eigenvalue weighted by Gasteiger charge is 2.20. The van der Waals surface area contributed by atoms with Crippen LogP contribution in [0, 0.1) is 0 Å². The predicted molar refractivity (Wildman–Crippen MR) is 63.8 cm³/mol. The number of carbonyl (C=O) groups is 1. The summed E-state index contributed by atoms with van der Waals surface area (Å²) >= 11 is 3.30. The van der Waals surface area contributed by atoms with E-state index in [0.29, 0.717) is 5.69 Å². The Morgan fingerprint density at radius 3 is 2.80 bits per heavy atom. The van der Waals surface area contributed by atoms with Crippen LogP contribution in [0.2, 0.25) is 0 Å². The van der Waals surface area contributed by atoms with Crippen LogP contribution in [-0.4, -0.2) is 16.4 Å². The Labute approximate surface area is 98.4 Å². The molecule has 0 unspecified atom stereocenters. The van der Waals surface area contributed by atoms with E-state index < -0.39 is 0 Å². The monoisotopic (exact) mass is 270 g/mol. The first-order chi connectivity index (χ1) is 6.96. The second-order valence-electron chi connectivity index (χ2n) is 4.03. The molecule has 3 nitrogen and oxygen atoms in total. The number of halogens is 1. The minimum Gasteiger partial charge on any atom is -0.346 e. The lowest BCUT2D eigenvalue weighted by molar-refractivity contribution is 0.0905. The van der Waals surface area contributed by atoms with Gasteiger partial charge in [0, 0.05) is 16.2 Å². The fraction of sp³-hybridized carbons (Fsp3) is 0.455. The zero-order valence-corrected chi connectivity index (χ0v) is 10.8. The highest BCUT2D eigenvalue weighted by atomic mass is 79.9. The van der Waals surface area contributed by atoms with Crippen molar-refractivity contribution < 1.29 is 4.79 Å². The number of amides is 1. The van der Waals surface area contributed by atoms with E-state index in [0.717, 1.165) is 10.9 Å². The van der Waals surface area contributed by atoms with Gasteiger partial charge in [0.25, 0.3) is 5.91 Å². The highest BCUT2D eigenvalue weighted by Crippen LogP contribution is 2.15. The number of hydrogen-bond acceptors (Lipinski definition) is 2. The van der Waals surface area contributed by atoms with Crippen LogP contribution in [0.25, 0.3) is 0 Å². The molecule has 1 aromatic heterocycles. The topological polar surface area (TPSA) is 42.0 Å². The van der Waals surface area contributed by atoms with E-state index in [4.69, 9.17) is 0 Å². The third-order valence-corrected chi connectivity index (χ3v) is 2.95. The molecule has 0 radical (unpaired) electrons. The smallest absolute Gasteiger partial charge is 0.271 e. The van der Waals surface area contributed by atoms with Crippen molar-refractivity contribution in [3.63, 3.8) is 0 Å². The summed E-state index contributed by atoms with van der Waals surface area (Å²) in [5.41, 5.74) is 0.229. The van der Waals surface area contributed by atoms with Gasteiger partial charge in [-0.1, -0.05) is 6.92 Å². The Kier molecular flexibility index (Phi) is 3.85. The molecule has 0 bridgehead atoms. The lowest BCUT2D eigenvalue weighted by Gasteiger charge is -2.24. The van der Waals surface area contributed by atoms with E-state index >= 15 is 0 Å². The standard InChI is InChI=1S/C11H15BrN2O/c1-4-11(2,3)14-10(15)9-8(12)6-5-7-13-9/h5-7H,4H2,1-3H3,(H,14,15). The maximum Gasteiger partial charge on any atom is 0.271 e. The number of carbonyl (C=O) groups excluding carboxylic acids is 1. The van der Waals surface area contributed by atoms with Crippen molar-refractivity contribution in [1.29, 1.82) is 0 Å². The quantitative estimate of drug-likeness (QED) is 0.918. The molecule has 0 aliphatic rings. The van der Waals surface area contributed by atoms with Crippen molar-refractivity contribution in [2.45, 2.75) is 32.7 Å². The van der Waals surface area contributed by atoms with E-state index in [1.807, 2.05) is 20.8 Å². The zero-order valence-electron chi connectivity index (χ0n) is 9.17. The van der Waals surface area contributed by atoms with Crippen molar-refractivity contribution in [3.8, 4) is 0 Å². The molecule has 1 aromatic rings. The van der Waals surface area contributed by atoms with Crippen molar-refractivity contribution in [1.82, 2.24) is 10.3 Å². The van der Waals surface area contributed by atoms with Gasteiger partial charge in [-0.3, -0.25) is 4.79 Å². The third-order valence-electron chi connectivity index (χ3n) is 2.31. The Morgan fingerprint density at radius 2 is 2.27 bits per heavy atom. The highest BCUT2D eigenvalue weighted by molar-refractivity contribution is 9.10. The molecule has 0 spiro atoms. The summed E-state index contributed by atoms with van der Waals surface area (Å²) < 4.78 is 0.717.